The van der Waals surface area contributed by atoms with Gasteiger partial charge in [0, 0.05) is 23.8 Å². The summed E-state index contributed by atoms with van der Waals surface area (Å²) in [7, 11) is 0. The Morgan fingerprint density at radius 2 is 2.13 bits per heavy atom. The standard InChI is InChI=1S/C17H18N4O2/c1-11-8-12(2)21(19-11)15-5-3-4-13(9-15)17-18-16(20-23-17)14-6-7-22-10-14/h3-5,8-9,14H,6-7,10H2,1-2H3/t14-/m1/s1. The minimum Gasteiger partial charge on any atom is -0.381 e. The number of rotatable bonds is 3. The van der Waals surface area contributed by atoms with Crippen LogP contribution in [-0.4, -0.2) is 33.1 Å². The molecule has 0 bridgehead atoms. The van der Waals surface area contributed by atoms with Crippen LogP contribution in [0, 0.1) is 13.8 Å². The Kier molecular flexibility index (Phi) is 3.46. The first-order valence-electron chi connectivity index (χ1n) is 7.76. The molecule has 0 radical (unpaired) electrons. The molecule has 1 fully saturated rings. The average molecular weight is 310 g/mol. The van der Waals surface area contributed by atoms with Crippen molar-refractivity contribution in [2.75, 3.05) is 13.2 Å². The minimum absolute atomic E-state index is 0.242. The molecule has 1 saturated heterocycles. The fourth-order valence-electron chi connectivity index (χ4n) is 2.92. The van der Waals surface area contributed by atoms with Crippen LogP contribution in [0.2, 0.25) is 0 Å². The molecule has 3 heterocycles. The van der Waals surface area contributed by atoms with Crippen LogP contribution in [0.4, 0.5) is 0 Å². The maximum absolute atomic E-state index is 5.44. The van der Waals surface area contributed by atoms with Crippen LogP contribution in [0.25, 0.3) is 17.1 Å². The van der Waals surface area contributed by atoms with Gasteiger partial charge in [0.05, 0.1) is 18.0 Å². The Morgan fingerprint density at radius 3 is 2.87 bits per heavy atom. The molecule has 0 spiro atoms. The zero-order valence-corrected chi connectivity index (χ0v) is 13.2. The summed E-state index contributed by atoms with van der Waals surface area (Å²) in [4.78, 5) is 4.54. The molecule has 23 heavy (non-hydrogen) atoms. The predicted octanol–water partition coefficient (Wildman–Crippen LogP) is 3.04. The quantitative estimate of drug-likeness (QED) is 0.744. The molecule has 2 aromatic heterocycles. The van der Waals surface area contributed by atoms with Crippen LogP contribution in [-0.2, 0) is 4.74 Å². The molecule has 4 rings (SSSR count). The highest BCUT2D eigenvalue weighted by Gasteiger charge is 2.23. The van der Waals surface area contributed by atoms with Gasteiger partial charge in [-0.3, -0.25) is 0 Å². The molecule has 1 aliphatic heterocycles. The van der Waals surface area contributed by atoms with Gasteiger partial charge >= 0.3 is 0 Å². The lowest BCUT2D eigenvalue weighted by Gasteiger charge is -2.05. The van der Waals surface area contributed by atoms with E-state index in [4.69, 9.17) is 9.26 Å². The van der Waals surface area contributed by atoms with Gasteiger partial charge in [-0.2, -0.15) is 10.1 Å². The van der Waals surface area contributed by atoms with Gasteiger partial charge in [-0.25, -0.2) is 4.68 Å². The highest BCUT2D eigenvalue weighted by molar-refractivity contribution is 5.57. The van der Waals surface area contributed by atoms with Crippen LogP contribution in [0.5, 0.6) is 0 Å². The van der Waals surface area contributed by atoms with E-state index in [0.29, 0.717) is 12.5 Å². The van der Waals surface area contributed by atoms with Crippen molar-refractivity contribution in [2.24, 2.45) is 0 Å². The summed E-state index contributed by atoms with van der Waals surface area (Å²) in [6, 6.07) is 10.0. The molecule has 6 nitrogen and oxygen atoms in total. The monoisotopic (exact) mass is 310 g/mol. The van der Waals surface area contributed by atoms with Crippen LogP contribution in [0.3, 0.4) is 0 Å². The molecule has 1 atom stereocenters. The van der Waals surface area contributed by atoms with Crippen molar-refractivity contribution in [1.29, 1.82) is 0 Å². The highest BCUT2D eigenvalue weighted by Crippen LogP contribution is 2.26. The molecule has 118 valence electrons. The molecule has 0 N–H and O–H groups in total. The average Bonchev–Trinajstić information content (AvgIpc) is 3.27. The largest absolute Gasteiger partial charge is 0.381 e. The van der Waals surface area contributed by atoms with E-state index in [9.17, 15) is 0 Å². The number of benzene rings is 1. The summed E-state index contributed by atoms with van der Waals surface area (Å²) in [6.07, 6.45) is 0.949. The van der Waals surface area contributed by atoms with Crippen LogP contribution >= 0.6 is 0 Å². The van der Waals surface area contributed by atoms with Gasteiger partial charge in [0.25, 0.3) is 5.89 Å². The molecule has 3 aromatic rings. The third-order valence-electron chi connectivity index (χ3n) is 4.08. The molecule has 0 aliphatic carbocycles. The Morgan fingerprint density at radius 1 is 1.22 bits per heavy atom. The Bertz CT molecular complexity index is 831. The second-order valence-corrected chi connectivity index (χ2v) is 5.91. The number of hydrogen-bond acceptors (Lipinski definition) is 5. The second kappa shape index (κ2) is 5.62. The fraction of sp³-hybridized carbons (Fsp3) is 0.353. The molecule has 0 amide bonds. The van der Waals surface area contributed by atoms with Crippen molar-refractivity contribution < 1.29 is 9.26 Å². The van der Waals surface area contributed by atoms with E-state index in [1.54, 1.807) is 0 Å². The number of aryl methyl sites for hydroxylation is 2. The number of hydrogen-bond donors (Lipinski definition) is 0. The summed E-state index contributed by atoms with van der Waals surface area (Å²) in [5.74, 6) is 1.51. The van der Waals surface area contributed by atoms with E-state index in [0.717, 1.165) is 41.5 Å². The van der Waals surface area contributed by atoms with Crippen molar-refractivity contribution >= 4 is 0 Å². The van der Waals surface area contributed by atoms with E-state index in [2.05, 4.69) is 21.3 Å². The predicted molar refractivity (Wildman–Crippen MR) is 84.5 cm³/mol. The summed E-state index contributed by atoms with van der Waals surface area (Å²) < 4.78 is 12.7. The Hall–Kier alpha value is -2.47. The van der Waals surface area contributed by atoms with Crippen LogP contribution in [0.1, 0.15) is 29.6 Å². The van der Waals surface area contributed by atoms with Crippen molar-refractivity contribution in [2.45, 2.75) is 26.2 Å². The Labute approximate surface area is 134 Å². The molecule has 0 saturated carbocycles. The maximum Gasteiger partial charge on any atom is 0.258 e. The van der Waals surface area contributed by atoms with E-state index < -0.39 is 0 Å². The van der Waals surface area contributed by atoms with Crippen LogP contribution < -0.4 is 0 Å². The van der Waals surface area contributed by atoms with Gasteiger partial charge in [-0.1, -0.05) is 11.2 Å². The van der Waals surface area contributed by atoms with Gasteiger partial charge in [-0.05, 0) is 44.5 Å². The van der Waals surface area contributed by atoms with Gasteiger partial charge in [0.1, 0.15) is 0 Å². The van der Waals surface area contributed by atoms with Gasteiger partial charge < -0.3 is 9.26 Å². The normalized spacial score (nSPS) is 17.7. The highest BCUT2D eigenvalue weighted by atomic mass is 16.5. The van der Waals surface area contributed by atoms with Crippen LogP contribution in [0.15, 0.2) is 34.9 Å². The first-order valence-corrected chi connectivity index (χ1v) is 7.76. The smallest absolute Gasteiger partial charge is 0.258 e. The molecule has 0 unspecified atom stereocenters. The summed E-state index contributed by atoms with van der Waals surface area (Å²) >= 11 is 0. The van der Waals surface area contributed by atoms with Gasteiger partial charge in [-0.15, -0.1) is 0 Å². The Balaban J connectivity index is 1.67. The van der Waals surface area contributed by atoms with Crippen molar-refractivity contribution in [3.63, 3.8) is 0 Å². The SMILES string of the molecule is Cc1cc(C)n(-c2cccc(-c3nc([C@@H]4CCOC4)no3)c2)n1. The summed E-state index contributed by atoms with van der Waals surface area (Å²) in [5, 5.41) is 8.63. The molecule has 1 aliphatic rings. The van der Waals surface area contributed by atoms with E-state index in [1.807, 2.05) is 42.8 Å². The number of aromatic nitrogens is 4. The maximum atomic E-state index is 5.44. The fourth-order valence-corrected chi connectivity index (χ4v) is 2.92. The lowest BCUT2D eigenvalue weighted by atomic mass is 10.1. The lowest BCUT2D eigenvalue weighted by molar-refractivity contribution is 0.192. The zero-order valence-electron chi connectivity index (χ0n) is 13.2. The first-order chi connectivity index (χ1) is 11.2. The molecule has 6 heteroatoms. The first kappa shape index (κ1) is 14.1. The van der Waals surface area contributed by atoms with Gasteiger partial charge in [0.2, 0.25) is 0 Å². The van der Waals surface area contributed by atoms with Gasteiger partial charge in [0.15, 0.2) is 5.82 Å². The lowest BCUT2D eigenvalue weighted by Crippen LogP contribution is -2.00. The van der Waals surface area contributed by atoms with E-state index in [1.165, 1.54) is 0 Å². The number of ether oxygens (including phenoxy) is 1. The molecule has 1 aromatic carbocycles. The zero-order chi connectivity index (χ0) is 15.8. The molecular weight excluding hydrogens is 292 g/mol. The van der Waals surface area contributed by atoms with Crippen molar-refractivity contribution in [3.05, 3.63) is 47.5 Å². The van der Waals surface area contributed by atoms with E-state index in [-0.39, 0.29) is 5.92 Å². The third-order valence-corrected chi connectivity index (χ3v) is 4.08. The molecular formula is C17H18N4O2. The van der Waals surface area contributed by atoms with E-state index >= 15 is 0 Å². The van der Waals surface area contributed by atoms with Crippen molar-refractivity contribution in [3.8, 4) is 17.1 Å². The second-order valence-electron chi connectivity index (χ2n) is 5.91. The minimum atomic E-state index is 0.242. The topological polar surface area (TPSA) is 66.0 Å². The summed E-state index contributed by atoms with van der Waals surface area (Å²) in [5.41, 5.74) is 3.97. The van der Waals surface area contributed by atoms with Crippen molar-refractivity contribution in [1.82, 2.24) is 19.9 Å². The third kappa shape index (κ3) is 2.66. The number of nitrogens with zero attached hydrogens (tertiary/aromatic N) is 4. The summed E-state index contributed by atoms with van der Waals surface area (Å²) in [6.45, 7) is 5.46.